The van der Waals surface area contributed by atoms with Gasteiger partial charge >= 0.3 is 0 Å². The van der Waals surface area contributed by atoms with Gasteiger partial charge in [0.2, 0.25) is 11.8 Å². The Labute approximate surface area is 143 Å². The first-order valence-corrected chi connectivity index (χ1v) is 8.74. The lowest BCUT2D eigenvalue weighted by Crippen LogP contribution is -2.39. The Bertz CT molecular complexity index is 648. The maximum absolute atomic E-state index is 12.6. The van der Waals surface area contributed by atoms with Crippen LogP contribution in [0, 0.1) is 11.3 Å². The normalized spacial score (nSPS) is 20.8. The van der Waals surface area contributed by atoms with E-state index in [4.69, 9.17) is 4.74 Å². The lowest BCUT2D eigenvalue weighted by molar-refractivity contribution is -0.127. The number of hydrogen-bond acceptors (Lipinski definition) is 3. The number of nitrogens with zero attached hydrogens (tertiary/aromatic N) is 1. The number of nitrogens with one attached hydrogen (secondary N) is 1. The van der Waals surface area contributed by atoms with Crippen LogP contribution in [0.1, 0.15) is 46.0 Å². The zero-order chi connectivity index (χ0) is 17.3. The summed E-state index contributed by atoms with van der Waals surface area (Å²) in [5, 5.41) is 3.01. The highest BCUT2D eigenvalue weighted by Gasteiger charge is 2.36. The minimum Gasteiger partial charge on any atom is -0.490 e. The molecule has 1 N–H and O–H groups in total. The molecular weight excluding hydrogens is 304 g/mol. The van der Waals surface area contributed by atoms with Gasteiger partial charge in [-0.2, -0.15) is 0 Å². The number of carbonyl (C=O) groups excluding carboxylic acids is 2. The molecule has 2 aliphatic rings. The molecule has 1 aromatic rings. The number of anilines is 2. The smallest absolute Gasteiger partial charge is 0.235 e. The van der Waals surface area contributed by atoms with Gasteiger partial charge in [0.05, 0.1) is 11.1 Å². The van der Waals surface area contributed by atoms with Crippen molar-refractivity contribution in [2.45, 2.75) is 46.0 Å². The number of fused-ring (bicyclic) bond motifs is 1. The molecule has 0 bridgehead atoms. The Balaban J connectivity index is 1.80. The van der Waals surface area contributed by atoms with E-state index in [0.29, 0.717) is 23.7 Å². The molecule has 24 heavy (non-hydrogen) atoms. The third-order valence-electron chi connectivity index (χ3n) is 5.04. The number of hydrogen-bond donors (Lipinski definition) is 1. The Hall–Kier alpha value is -2.04. The SMILES string of the molecule is CN1C(=O)C(C)(C)COc2ccc(NC(=O)C3CCCCC3)cc21. The first-order valence-electron chi connectivity index (χ1n) is 8.74. The molecule has 1 aliphatic carbocycles. The maximum Gasteiger partial charge on any atom is 0.235 e. The molecule has 1 saturated carbocycles. The number of benzene rings is 1. The summed E-state index contributed by atoms with van der Waals surface area (Å²) >= 11 is 0. The highest BCUT2D eigenvalue weighted by Crippen LogP contribution is 2.37. The molecule has 0 spiro atoms. The second-order valence-corrected chi connectivity index (χ2v) is 7.54. The highest BCUT2D eigenvalue weighted by molar-refractivity contribution is 6.00. The topological polar surface area (TPSA) is 58.6 Å². The summed E-state index contributed by atoms with van der Waals surface area (Å²) in [5.41, 5.74) is 0.846. The summed E-state index contributed by atoms with van der Waals surface area (Å²) < 4.78 is 5.81. The van der Waals surface area contributed by atoms with Gasteiger partial charge in [-0.3, -0.25) is 9.59 Å². The monoisotopic (exact) mass is 330 g/mol. The quantitative estimate of drug-likeness (QED) is 0.901. The van der Waals surface area contributed by atoms with Crippen molar-refractivity contribution in [3.63, 3.8) is 0 Å². The van der Waals surface area contributed by atoms with Crippen LogP contribution in [-0.4, -0.2) is 25.5 Å². The third-order valence-corrected chi connectivity index (χ3v) is 5.04. The van der Waals surface area contributed by atoms with E-state index in [9.17, 15) is 9.59 Å². The van der Waals surface area contributed by atoms with E-state index in [0.717, 1.165) is 25.7 Å². The Kier molecular flexibility index (Phi) is 4.52. The van der Waals surface area contributed by atoms with Crippen molar-refractivity contribution in [3.05, 3.63) is 18.2 Å². The molecule has 1 aliphatic heterocycles. The zero-order valence-electron chi connectivity index (χ0n) is 14.7. The molecule has 0 saturated heterocycles. The van der Waals surface area contributed by atoms with Gasteiger partial charge in [-0.1, -0.05) is 19.3 Å². The molecule has 1 heterocycles. The lowest BCUT2D eigenvalue weighted by Gasteiger charge is -2.25. The second-order valence-electron chi connectivity index (χ2n) is 7.54. The predicted octanol–water partition coefficient (Wildman–Crippen LogP) is 3.59. The third kappa shape index (κ3) is 3.25. The fraction of sp³-hybridized carbons (Fsp3) is 0.579. The van der Waals surface area contributed by atoms with Crippen molar-refractivity contribution in [2.24, 2.45) is 11.3 Å². The molecular formula is C19H26N2O3. The molecule has 0 unspecified atom stereocenters. The van der Waals surface area contributed by atoms with E-state index in [1.807, 2.05) is 32.0 Å². The van der Waals surface area contributed by atoms with E-state index < -0.39 is 5.41 Å². The van der Waals surface area contributed by atoms with E-state index in [-0.39, 0.29) is 17.7 Å². The summed E-state index contributed by atoms with van der Waals surface area (Å²) in [4.78, 5) is 26.6. The fourth-order valence-corrected chi connectivity index (χ4v) is 3.47. The molecule has 2 amide bonds. The predicted molar refractivity (Wildman–Crippen MR) is 94.3 cm³/mol. The van der Waals surface area contributed by atoms with Crippen LogP contribution in [0.4, 0.5) is 11.4 Å². The minimum absolute atomic E-state index is 0.0111. The first kappa shape index (κ1) is 16.8. The van der Waals surface area contributed by atoms with Crippen LogP contribution in [0.15, 0.2) is 18.2 Å². The van der Waals surface area contributed by atoms with Gasteiger partial charge in [0, 0.05) is 18.7 Å². The summed E-state index contributed by atoms with van der Waals surface area (Å²) in [6.07, 6.45) is 5.41. The molecule has 1 aromatic carbocycles. The molecule has 1 fully saturated rings. The number of ether oxygens (including phenoxy) is 1. The van der Waals surface area contributed by atoms with Crippen molar-refractivity contribution >= 4 is 23.2 Å². The van der Waals surface area contributed by atoms with Crippen molar-refractivity contribution in [1.82, 2.24) is 0 Å². The van der Waals surface area contributed by atoms with Crippen LogP contribution in [0.5, 0.6) is 5.75 Å². The van der Waals surface area contributed by atoms with Crippen molar-refractivity contribution in [1.29, 1.82) is 0 Å². The average Bonchev–Trinajstić information content (AvgIpc) is 2.67. The van der Waals surface area contributed by atoms with Crippen LogP contribution in [0.3, 0.4) is 0 Å². The average molecular weight is 330 g/mol. The molecule has 0 radical (unpaired) electrons. The molecule has 5 heteroatoms. The fourth-order valence-electron chi connectivity index (χ4n) is 3.47. The second kappa shape index (κ2) is 6.46. The molecule has 0 atom stereocenters. The largest absolute Gasteiger partial charge is 0.490 e. The van der Waals surface area contributed by atoms with Crippen LogP contribution < -0.4 is 15.0 Å². The number of amides is 2. The standard InChI is InChI=1S/C19H26N2O3/c1-19(2)12-24-16-10-9-14(11-15(16)21(3)18(19)23)20-17(22)13-7-5-4-6-8-13/h9-11,13H,4-8,12H2,1-3H3,(H,20,22). The Morgan fingerprint density at radius 2 is 1.96 bits per heavy atom. The highest BCUT2D eigenvalue weighted by atomic mass is 16.5. The Morgan fingerprint density at radius 3 is 2.67 bits per heavy atom. The van der Waals surface area contributed by atoms with Crippen LogP contribution >= 0.6 is 0 Å². The number of rotatable bonds is 2. The lowest BCUT2D eigenvalue weighted by atomic mass is 9.88. The van der Waals surface area contributed by atoms with Crippen LogP contribution in [-0.2, 0) is 9.59 Å². The van der Waals surface area contributed by atoms with E-state index in [2.05, 4.69) is 5.32 Å². The summed E-state index contributed by atoms with van der Waals surface area (Å²) in [5.74, 6) is 0.870. The van der Waals surface area contributed by atoms with E-state index in [1.54, 1.807) is 11.9 Å². The summed E-state index contributed by atoms with van der Waals surface area (Å²) in [6, 6.07) is 5.50. The van der Waals surface area contributed by atoms with Gasteiger partial charge in [-0.25, -0.2) is 0 Å². The van der Waals surface area contributed by atoms with Gasteiger partial charge in [0.15, 0.2) is 0 Å². The van der Waals surface area contributed by atoms with E-state index >= 15 is 0 Å². The minimum atomic E-state index is -0.570. The van der Waals surface area contributed by atoms with Crippen molar-refractivity contribution in [2.75, 3.05) is 23.9 Å². The van der Waals surface area contributed by atoms with Gasteiger partial charge < -0.3 is 15.0 Å². The van der Waals surface area contributed by atoms with Crippen molar-refractivity contribution < 1.29 is 14.3 Å². The first-order chi connectivity index (χ1) is 11.4. The zero-order valence-corrected chi connectivity index (χ0v) is 14.7. The van der Waals surface area contributed by atoms with Gasteiger partial charge in [-0.15, -0.1) is 0 Å². The molecule has 0 aromatic heterocycles. The summed E-state index contributed by atoms with van der Waals surface area (Å²) in [6.45, 7) is 4.10. The molecule has 5 nitrogen and oxygen atoms in total. The molecule has 3 rings (SSSR count). The maximum atomic E-state index is 12.6. The van der Waals surface area contributed by atoms with Gasteiger partial charge in [-0.05, 0) is 44.9 Å². The van der Waals surface area contributed by atoms with Crippen LogP contribution in [0.25, 0.3) is 0 Å². The van der Waals surface area contributed by atoms with Crippen LogP contribution in [0.2, 0.25) is 0 Å². The number of carbonyl (C=O) groups is 2. The molecule has 130 valence electrons. The summed E-state index contributed by atoms with van der Waals surface area (Å²) in [7, 11) is 1.75. The van der Waals surface area contributed by atoms with E-state index in [1.165, 1.54) is 6.42 Å². The van der Waals surface area contributed by atoms with Gasteiger partial charge in [0.25, 0.3) is 0 Å². The van der Waals surface area contributed by atoms with Gasteiger partial charge in [0.1, 0.15) is 12.4 Å². The van der Waals surface area contributed by atoms with Crippen molar-refractivity contribution in [3.8, 4) is 5.75 Å². The Morgan fingerprint density at radius 1 is 1.25 bits per heavy atom.